The molecule has 2 N–H and O–H groups in total. The van der Waals surface area contributed by atoms with Crippen molar-refractivity contribution in [1.29, 1.82) is 0 Å². The van der Waals surface area contributed by atoms with Crippen LogP contribution in [0.3, 0.4) is 0 Å². The molecule has 0 spiro atoms. The molecule has 0 fully saturated rings. The summed E-state index contributed by atoms with van der Waals surface area (Å²) in [6.07, 6.45) is 5.51. The van der Waals surface area contributed by atoms with Gasteiger partial charge in [-0.1, -0.05) is 31.4 Å². The largest absolute Gasteiger partial charge is 0.383 e. The van der Waals surface area contributed by atoms with Gasteiger partial charge in [-0.3, -0.25) is 9.59 Å². The highest BCUT2D eigenvalue weighted by Gasteiger charge is 2.19. The number of allylic oxidation sites excluding steroid dienone is 1. The highest BCUT2D eigenvalue weighted by atomic mass is 19.1. The molecular formula is C26H22FN5O2. The number of fused-ring (bicyclic) bond motifs is 1. The molecule has 0 aliphatic heterocycles. The van der Waals surface area contributed by atoms with Gasteiger partial charge >= 0.3 is 0 Å². The highest BCUT2D eigenvalue weighted by Crippen LogP contribution is 2.33. The van der Waals surface area contributed by atoms with Gasteiger partial charge in [0.2, 0.25) is 5.91 Å². The van der Waals surface area contributed by atoms with E-state index < -0.39 is 11.6 Å². The maximum Gasteiger partial charge on any atom is 0.250 e. The van der Waals surface area contributed by atoms with Crippen LogP contribution in [0.15, 0.2) is 86.4 Å². The fraction of sp³-hybridized carbons (Fsp3) is 0.0769. The van der Waals surface area contributed by atoms with Crippen LogP contribution in [0.2, 0.25) is 0 Å². The number of anilines is 2. The highest BCUT2D eigenvalue weighted by molar-refractivity contribution is 6.06. The van der Waals surface area contributed by atoms with Crippen LogP contribution in [-0.2, 0) is 11.3 Å². The number of nitrogens with zero attached hydrogens (tertiary/aromatic N) is 4. The van der Waals surface area contributed by atoms with Gasteiger partial charge in [-0.2, -0.15) is 0 Å². The molecule has 2 aromatic heterocycles. The van der Waals surface area contributed by atoms with Gasteiger partial charge in [-0.05, 0) is 48.0 Å². The maximum atomic E-state index is 14.4. The Morgan fingerprint density at radius 3 is 2.56 bits per heavy atom. The normalized spacial score (nSPS) is 10.7. The predicted molar refractivity (Wildman–Crippen MR) is 131 cm³/mol. The first-order valence-corrected chi connectivity index (χ1v) is 10.5. The van der Waals surface area contributed by atoms with Crippen molar-refractivity contribution in [2.24, 2.45) is 0 Å². The van der Waals surface area contributed by atoms with E-state index in [1.165, 1.54) is 18.5 Å². The number of carbonyl (C=O) groups excluding carboxylic acids is 2. The Hall–Kier alpha value is -4.59. The Morgan fingerprint density at radius 1 is 1.09 bits per heavy atom. The van der Waals surface area contributed by atoms with Gasteiger partial charge in [0.1, 0.15) is 23.6 Å². The van der Waals surface area contributed by atoms with Crippen molar-refractivity contribution < 1.29 is 14.0 Å². The average molecular weight is 455 g/mol. The minimum Gasteiger partial charge on any atom is -0.383 e. The van der Waals surface area contributed by atoms with Crippen molar-refractivity contribution in [3.63, 3.8) is 0 Å². The van der Waals surface area contributed by atoms with Crippen molar-refractivity contribution in [2.75, 3.05) is 17.2 Å². The molecule has 0 unspecified atom stereocenters. The molecule has 4 rings (SSSR count). The maximum absolute atomic E-state index is 14.4. The number of para-hydroxylation sites is 1. The molecule has 170 valence electrons. The van der Waals surface area contributed by atoms with Gasteiger partial charge in [-0.15, -0.1) is 0 Å². The summed E-state index contributed by atoms with van der Waals surface area (Å²) in [7, 11) is 0. The van der Waals surface area contributed by atoms with E-state index in [1.807, 2.05) is 34.9 Å². The van der Waals surface area contributed by atoms with Crippen molar-refractivity contribution in [3.8, 4) is 11.1 Å². The van der Waals surface area contributed by atoms with Gasteiger partial charge in [-0.25, -0.2) is 14.4 Å². The van der Waals surface area contributed by atoms with E-state index in [0.29, 0.717) is 35.2 Å². The second-order valence-corrected chi connectivity index (χ2v) is 7.52. The Kier molecular flexibility index (Phi) is 6.31. The number of ketones is 1. The first-order valence-electron chi connectivity index (χ1n) is 10.5. The number of hydrogen-bond donors (Lipinski definition) is 1. The zero-order chi connectivity index (χ0) is 24.2. The third-order valence-corrected chi connectivity index (χ3v) is 5.43. The van der Waals surface area contributed by atoms with Crippen LogP contribution in [0.25, 0.3) is 22.2 Å². The van der Waals surface area contributed by atoms with Crippen molar-refractivity contribution >= 4 is 34.2 Å². The lowest BCUT2D eigenvalue weighted by atomic mass is 10.0. The number of nitrogen functional groups attached to an aromatic ring is 1. The van der Waals surface area contributed by atoms with E-state index in [-0.39, 0.29) is 17.3 Å². The van der Waals surface area contributed by atoms with Crippen molar-refractivity contribution in [1.82, 2.24) is 14.5 Å². The third-order valence-electron chi connectivity index (χ3n) is 5.43. The monoisotopic (exact) mass is 455 g/mol. The van der Waals surface area contributed by atoms with E-state index in [0.717, 1.165) is 17.8 Å². The lowest BCUT2D eigenvalue weighted by Crippen LogP contribution is -2.32. The lowest BCUT2D eigenvalue weighted by molar-refractivity contribution is -0.114. The molecule has 2 heterocycles. The van der Waals surface area contributed by atoms with Gasteiger partial charge in [0.05, 0.1) is 5.39 Å². The summed E-state index contributed by atoms with van der Waals surface area (Å²) in [6, 6.07) is 13.3. The molecule has 0 saturated heterocycles. The van der Waals surface area contributed by atoms with Crippen LogP contribution in [0.5, 0.6) is 0 Å². The third kappa shape index (κ3) is 4.33. The Morgan fingerprint density at radius 2 is 1.85 bits per heavy atom. The number of benzene rings is 2. The van der Waals surface area contributed by atoms with E-state index in [9.17, 15) is 14.0 Å². The zero-order valence-corrected chi connectivity index (χ0v) is 18.3. The number of halogens is 1. The Balaban J connectivity index is 1.78. The first kappa shape index (κ1) is 22.6. The minimum atomic E-state index is -0.564. The molecule has 34 heavy (non-hydrogen) atoms. The standard InChI is InChI=1S/C26H22FN5O2/c1-3-22(33)18-12-17(13-19(27)14-18)21-15-31(26-24(21)25(28)29-16-30-26)10-11-32(23(34)4-2)20-8-6-5-7-9-20/h3-9,12-16H,1-2,10-11H2,(H2,28,29,30). The molecule has 0 atom stereocenters. The van der Waals surface area contributed by atoms with Gasteiger partial charge in [0.15, 0.2) is 5.78 Å². The molecular weight excluding hydrogens is 433 g/mol. The summed E-state index contributed by atoms with van der Waals surface area (Å²) in [5, 5.41) is 0.534. The van der Waals surface area contributed by atoms with E-state index in [4.69, 9.17) is 5.73 Å². The molecule has 0 aliphatic carbocycles. The summed E-state index contributed by atoms with van der Waals surface area (Å²) in [4.78, 5) is 34.7. The Bertz CT molecular complexity index is 1410. The van der Waals surface area contributed by atoms with Crippen LogP contribution in [0, 0.1) is 5.82 Å². The number of rotatable bonds is 8. The number of aromatic nitrogens is 3. The van der Waals surface area contributed by atoms with Crippen LogP contribution in [0.4, 0.5) is 15.9 Å². The van der Waals surface area contributed by atoms with E-state index in [2.05, 4.69) is 23.1 Å². The molecule has 0 bridgehead atoms. The fourth-order valence-corrected chi connectivity index (χ4v) is 3.83. The molecule has 0 radical (unpaired) electrons. The Labute approximate surface area is 195 Å². The van der Waals surface area contributed by atoms with Crippen LogP contribution < -0.4 is 10.6 Å². The summed E-state index contributed by atoms with van der Waals surface area (Å²) in [6.45, 7) is 7.76. The number of carbonyl (C=O) groups is 2. The van der Waals surface area contributed by atoms with Crippen LogP contribution >= 0.6 is 0 Å². The lowest BCUT2D eigenvalue weighted by Gasteiger charge is -2.21. The number of nitrogens with two attached hydrogens (primary N) is 1. The molecule has 4 aromatic rings. The van der Waals surface area contributed by atoms with Crippen molar-refractivity contribution in [2.45, 2.75) is 6.54 Å². The number of amides is 1. The second kappa shape index (κ2) is 9.50. The van der Waals surface area contributed by atoms with E-state index >= 15 is 0 Å². The summed E-state index contributed by atoms with van der Waals surface area (Å²) in [5.41, 5.74) is 8.64. The smallest absolute Gasteiger partial charge is 0.250 e. The van der Waals surface area contributed by atoms with Crippen LogP contribution in [0.1, 0.15) is 10.4 Å². The summed E-state index contributed by atoms with van der Waals surface area (Å²) >= 11 is 0. The summed E-state index contributed by atoms with van der Waals surface area (Å²) in [5.74, 6) is -0.975. The molecule has 8 heteroatoms. The fourth-order valence-electron chi connectivity index (χ4n) is 3.83. The number of hydrogen-bond acceptors (Lipinski definition) is 5. The molecule has 0 saturated carbocycles. The topological polar surface area (TPSA) is 94.1 Å². The quantitative estimate of drug-likeness (QED) is 0.314. The molecule has 7 nitrogen and oxygen atoms in total. The van der Waals surface area contributed by atoms with Crippen LogP contribution in [-0.4, -0.2) is 32.8 Å². The molecule has 1 amide bonds. The van der Waals surface area contributed by atoms with Gasteiger partial charge in [0, 0.05) is 36.1 Å². The first-order chi connectivity index (χ1) is 16.4. The van der Waals surface area contributed by atoms with Gasteiger partial charge < -0.3 is 15.2 Å². The average Bonchev–Trinajstić information content (AvgIpc) is 3.23. The molecule has 0 aliphatic rings. The SMILES string of the molecule is C=CC(=O)c1cc(F)cc(-c2cn(CCN(C(=O)C=C)c3ccccc3)c3ncnc(N)c23)c1. The summed E-state index contributed by atoms with van der Waals surface area (Å²) < 4.78 is 16.2. The molecule has 2 aromatic carbocycles. The van der Waals surface area contributed by atoms with Crippen molar-refractivity contribution in [3.05, 3.63) is 97.7 Å². The predicted octanol–water partition coefficient (Wildman–Crippen LogP) is 4.41. The van der Waals surface area contributed by atoms with Gasteiger partial charge in [0.25, 0.3) is 0 Å². The van der Waals surface area contributed by atoms with E-state index in [1.54, 1.807) is 17.2 Å². The second-order valence-electron chi connectivity index (χ2n) is 7.52. The zero-order valence-electron chi connectivity index (χ0n) is 18.3. The minimum absolute atomic E-state index is 0.174.